The van der Waals surface area contributed by atoms with Crippen LogP contribution in [0.4, 0.5) is 0 Å². The smallest absolute Gasteiger partial charge is 0.223 e. The van der Waals surface area contributed by atoms with Crippen LogP contribution in [0.3, 0.4) is 0 Å². The normalized spacial score (nSPS) is 17.9. The van der Waals surface area contributed by atoms with Crippen LogP contribution in [0.5, 0.6) is 0 Å². The fourth-order valence-corrected chi connectivity index (χ4v) is 3.02. The molecule has 1 unspecified atom stereocenters. The molecule has 1 aliphatic rings. The van der Waals surface area contributed by atoms with Gasteiger partial charge in [-0.1, -0.05) is 18.2 Å². The van der Waals surface area contributed by atoms with Crippen molar-refractivity contribution in [3.05, 3.63) is 48.3 Å². The molecule has 1 fully saturated rings. The number of para-hydroxylation sites is 1. The third-order valence-electron chi connectivity index (χ3n) is 4.25. The number of aromatic nitrogens is 2. The largest absolute Gasteiger partial charge is 0.338 e. The summed E-state index contributed by atoms with van der Waals surface area (Å²) in [5.74, 6) is 0.209. The zero-order valence-corrected chi connectivity index (χ0v) is 12.7. The second-order valence-electron chi connectivity index (χ2n) is 5.75. The van der Waals surface area contributed by atoms with Crippen molar-refractivity contribution in [2.75, 3.05) is 13.1 Å². The van der Waals surface area contributed by atoms with Gasteiger partial charge in [0, 0.05) is 31.7 Å². The summed E-state index contributed by atoms with van der Waals surface area (Å²) in [7, 11) is 0. The molecule has 3 rings (SSSR count). The molecule has 1 aliphatic heterocycles. The molecule has 2 N–H and O–H groups in total. The molecule has 0 bridgehead atoms. The predicted octanol–water partition coefficient (Wildman–Crippen LogP) is 1.75. The minimum absolute atomic E-state index is 0.209. The molecule has 1 saturated heterocycles. The lowest BCUT2D eigenvalue weighted by atomic mass is 10.1. The zero-order valence-electron chi connectivity index (χ0n) is 12.7. The van der Waals surface area contributed by atoms with Gasteiger partial charge in [0.15, 0.2) is 0 Å². The highest BCUT2D eigenvalue weighted by molar-refractivity contribution is 5.77. The van der Waals surface area contributed by atoms with Crippen molar-refractivity contribution < 1.29 is 4.79 Å². The molecule has 5 nitrogen and oxygen atoms in total. The van der Waals surface area contributed by atoms with Crippen LogP contribution in [-0.2, 0) is 11.2 Å². The van der Waals surface area contributed by atoms with E-state index in [1.54, 1.807) is 0 Å². The Kier molecular flexibility index (Phi) is 4.53. The number of rotatable bonds is 5. The lowest BCUT2D eigenvalue weighted by molar-refractivity contribution is -0.131. The Hall–Kier alpha value is -2.14. The Morgan fingerprint density at radius 2 is 2.14 bits per heavy atom. The van der Waals surface area contributed by atoms with Gasteiger partial charge in [-0.15, -0.1) is 0 Å². The van der Waals surface area contributed by atoms with Gasteiger partial charge in [-0.3, -0.25) is 4.79 Å². The summed E-state index contributed by atoms with van der Waals surface area (Å²) in [5, 5.41) is 4.36. The van der Waals surface area contributed by atoms with E-state index < -0.39 is 0 Å². The molecule has 2 aromatic rings. The van der Waals surface area contributed by atoms with E-state index in [1.807, 2.05) is 52.3 Å². The fraction of sp³-hybridized carbons (Fsp3) is 0.412. The number of likely N-dealkylation sites (tertiary alicyclic amines) is 1. The number of amides is 1. The lowest BCUT2D eigenvalue weighted by Crippen LogP contribution is -2.39. The molecule has 5 heteroatoms. The van der Waals surface area contributed by atoms with Crippen LogP contribution in [0, 0.1) is 0 Å². The second-order valence-corrected chi connectivity index (χ2v) is 5.75. The molecule has 1 aromatic carbocycles. The number of hydrogen-bond acceptors (Lipinski definition) is 3. The van der Waals surface area contributed by atoms with E-state index >= 15 is 0 Å². The molecule has 1 amide bonds. The Morgan fingerprint density at radius 1 is 1.32 bits per heavy atom. The summed E-state index contributed by atoms with van der Waals surface area (Å²) < 4.78 is 1.85. The highest BCUT2D eigenvalue weighted by atomic mass is 16.2. The lowest BCUT2D eigenvalue weighted by Gasteiger charge is -2.23. The van der Waals surface area contributed by atoms with Crippen molar-refractivity contribution in [2.45, 2.75) is 31.7 Å². The summed E-state index contributed by atoms with van der Waals surface area (Å²) in [6.07, 6.45) is 7.18. The molecule has 116 valence electrons. The molecule has 0 spiro atoms. The molecule has 0 aliphatic carbocycles. The molecular weight excluding hydrogens is 276 g/mol. The fourth-order valence-electron chi connectivity index (χ4n) is 3.02. The number of carbonyl (C=O) groups is 1. The first-order valence-corrected chi connectivity index (χ1v) is 7.86. The monoisotopic (exact) mass is 298 g/mol. The van der Waals surface area contributed by atoms with Crippen LogP contribution in [0.1, 0.15) is 24.8 Å². The summed E-state index contributed by atoms with van der Waals surface area (Å²) in [6, 6.07) is 10.2. The highest BCUT2D eigenvalue weighted by Crippen LogP contribution is 2.18. The summed E-state index contributed by atoms with van der Waals surface area (Å²) >= 11 is 0. The van der Waals surface area contributed by atoms with E-state index in [-0.39, 0.29) is 11.9 Å². The molecule has 22 heavy (non-hydrogen) atoms. The molecule has 0 saturated carbocycles. The Balaban J connectivity index is 1.58. The van der Waals surface area contributed by atoms with Gasteiger partial charge in [-0.05, 0) is 37.0 Å². The van der Waals surface area contributed by atoms with Gasteiger partial charge in [0.2, 0.25) is 5.91 Å². The summed E-state index contributed by atoms with van der Waals surface area (Å²) in [5.41, 5.74) is 7.84. The SMILES string of the molecule is NCC1CCCN1C(=O)CCc1cnn(-c2ccccc2)c1. The van der Waals surface area contributed by atoms with Gasteiger partial charge in [-0.2, -0.15) is 5.10 Å². The number of carbonyl (C=O) groups excluding carboxylic acids is 1. The number of hydrogen-bond donors (Lipinski definition) is 1. The van der Waals surface area contributed by atoms with E-state index in [1.165, 1.54) is 0 Å². The highest BCUT2D eigenvalue weighted by Gasteiger charge is 2.26. The minimum Gasteiger partial charge on any atom is -0.338 e. The zero-order chi connectivity index (χ0) is 15.4. The van der Waals surface area contributed by atoms with Gasteiger partial charge >= 0.3 is 0 Å². The third-order valence-corrected chi connectivity index (χ3v) is 4.25. The van der Waals surface area contributed by atoms with Gasteiger partial charge in [0.1, 0.15) is 0 Å². The minimum atomic E-state index is 0.209. The van der Waals surface area contributed by atoms with Crippen molar-refractivity contribution in [3.8, 4) is 5.69 Å². The van der Waals surface area contributed by atoms with E-state index in [9.17, 15) is 4.79 Å². The van der Waals surface area contributed by atoms with Crippen LogP contribution in [0.15, 0.2) is 42.7 Å². The van der Waals surface area contributed by atoms with Crippen LogP contribution >= 0.6 is 0 Å². The van der Waals surface area contributed by atoms with Crippen molar-refractivity contribution >= 4 is 5.91 Å². The second kappa shape index (κ2) is 6.75. The van der Waals surface area contributed by atoms with E-state index in [2.05, 4.69) is 5.10 Å². The topological polar surface area (TPSA) is 64.2 Å². The Morgan fingerprint density at radius 3 is 2.91 bits per heavy atom. The number of nitrogens with two attached hydrogens (primary N) is 1. The quantitative estimate of drug-likeness (QED) is 0.914. The van der Waals surface area contributed by atoms with E-state index in [0.717, 1.165) is 37.1 Å². The average molecular weight is 298 g/mol. The van der Waals surface area contributed by atoms with Crippen molar-refractivity contribution in [2.24, 2.45) is 5.73 Å². The van der Waals surface area contributed by atoms with Gasteiger partial charge in [-0.25, -0.2) is 4.68 Å². The maximum atomic E-state index is 12.3. The molecule has 0 radical (unpaired) electrons. The molecule has 2 heterocycles. The number of aryl methyl sites for hydroxylation is 1. The van der Waals surface area contributed by atoms with Gasteiger partial charge in [0.05, 0.1) is 11.9 Å². The summed E-state index contributed by atoms with van der Waals surface area (Å²) in [6.45, 7) is 1.42. The van der Waals surface area contributed by atoms with E-state index in [4.69, 9.17) is 5.73 Å². The van der Waals surface area contributed by atoms with Gasteiger partial charge in [0.25, 0.3) is 0 Å². The van der Waals surface area contributed by atoms with Crippen molar-refractivity contribution in [1.29, 1.82) is 0 Å². The van der Waals surface area contributed by atoms with Crippen molar-refractivity contribution in [3.63, 3.8) is 0 Å². The van der Waals surface area contributed by atoms with Crippen LogP contribution < -0.4 is 5.73 Å². The molecule has 1 atom stereocenters. The standard InChI is InChI=1S/C17H22N4O/c18-11-16-7-4-10-20(16)17(22)9-8-14-12-19-21(13-14)15-5-2-1-3-6-15/h1-3,5-6,12-13,16H,4,7-11,18H2. The first kappa shape index (κ1) is 14.8. The first-order chi connectivity index (χ1) is 10.8. The maximum absolute atomic E-state index is 12.3. The molecule has 1 aromatic heterocycles. The van der Waals surface area contributed by atoms with Crippen LogP contribution in [0.2, 0.25) is 0 Å². The van der Waals surface area contributed by atoms with Crippen LogP contribution in [0.25, 0.3) is 5.69 Å². The molecular formula is C17H22N4O. The Bertz CT molecular complexity index is 623. The average Bonchev–Trinajstić information content (AvgIpc) is 3.22. The maximum Gasteiger partial charge on any atom is 0.223 e. The Labute approximate surface area is 130 Å². The predicted molar refractivity (Wildman–Crippen MR) is 85.7 cm³/mol. The summed E-state index contributed by atoms with van der Waals surface area (Å²) in [4.78, 5) is 14.3. The van der Waals surface area contributed by atoms with Crippen LogP contribution in [-0.4, -0.2) is 39.7 Å². The first-order valence-electron chi connectivity index (χ1n) is 7.86. The van der Waals surface area contributed by atoms with E-state index in [0.29, 0.717) is 13.0 Å². The van der Waals surface area contributed by atoms with Gasteiger partial charge < -0.3 is 10.6 Å². The van der Waals surface area contributed by atoms with Crippen molar-refractivity contribution in [1.82, 2.24) is 14.7 Å². The third kappa shape index (κ3) is 3.20. The number of benzene rings is 1. The number of nitrogens with zero attached hydrogens (tertiary/aromatic N) is 3.